The molecule has 1 aliphatic rings. The van der Waals surface area contributed by atoms with Gasteiger partial charge in [-0.25, -0.2) is 4.79 Å². The summed E-state index contributed by atoms with van der Waals surface area (Å²) in [5.74, 6) is 0. The van der Waals surface area contributed by atoms with E-state index in [9.17, 15) is 4.79 Å². The van der Waals surface area contributed by atoms with Crippen LogP contribution in [-0.2, 0) is 4.74 Å². The largest absolute Gasteiger partial charge is 0.450 e. The molecule has 0 unspecified atom stereocenters. The zero-order chi connectivity index (χ0) is 14.4. The fraction of sp³-hybridized carbons (Fsp3) is 0.562. The standard InChI is InChI=1S/C16H24N2O2/c1-3-20-16(19)18-11-9-15(10-12-18)17-13(2)14-7-5-4-6-8-14/h4-8,13,15,17H,3,9-12H2,1-2H3/t13-/m0/s1. The zero-order valence-corrected chi connectivity index (χ0v) is 12.3. The van der Waals surface area contributed by atoms with Crippen molar-refractivity contribution in [3.63, 3.8) is 0 Å². The molecule has 20 heavy (non-hydrogen) atoms. The summed E-state index contributed by atoms with van der Waals surface area (Å²) in [7, 11) is 0. The summed E-state index contributed by atoms with van der Waals surface area (Å²) in [5, 5.41) is 3.65. The Kier molecular flexibility index (Phi) is 5.41. The molecule has 1 aromatic rings. The molecule has 1 atom stereocenters. The smallest absolute Gasteiger partial charge is 0.409 e. The minimum Gasteiger partial charge on any atom is -0.450 e. The van der Waals surface area contributed by atoms with E-state index in [0.717, 1.165) is 25.9 Å². The first-order chi connectivity index (χ1) is 9.70. The average Bonchev–Trinajstić information content (AvgIpc) is 2.49. The highest BCUT2D eigenvalue weighted by Crippen LogP contribution is 2.17. The average molecular weight is 276 g/mol. The second-order valence-corrected chi connectivity index (χ2v) is 5.26. The van der Waals surface area contributed by atoms with E-state index < -0.39 is 0 Å². The van der Waals surface area contributed by atoms with Crippen LogP contribution in [0.5, 0.6) is 0 Å². The highest BCUT2D eigenvalue weighted by Gasteiger charge is 2.24. The Labute approximate surface area is 121 Å². The van der Waals surface area contributed by atoms with E-state index in [1.807, 2.05) is 13.0 Å². The molecular formula is C16H24N2O2. The van der Waals surface area contributed by atoms with Gasteiger partial charge in [-0.3, -0.25) is 0 Å². The molecule has 1 heterocycles. The number of nitrogens with one attached hydrogen (secondary N) is 1. The Morgan fingerprint density at radius 2 is 2.00 bits per heavy atom. The Hall–Kier alpha value is -1.55. The zero-order valence-electron chi connectivity index (χ0n) is 12.3. The van der Waals surface area contributed by atoms with Gasteiger partial charge < -0.3 is 15.0 Å². The predicted molar refractivity (Wildman–Crippen MR) is 79.6 cm³/mol. The molecule has 1 aromatic carbocycles. The van der Waals surface area contributed by atoms with Gasteiger partial charge in [0.15, 0.2) is 0 Å². The van der Waals surface area contributed by atoms with Crippen LogP contribution in [0.1, 0.15) is 38.3 Å². The predicted octanol–water partition coefficient (Wildman–Crippen LogP) is 2.96. The number of hydrogen-bond donors (Lipinski definition) is 1. The molecular weight excluding hydrogens is 252 g/mol. The number of benzene rings is 1. The van der Waals surface area contributed by atoms with E-state index in [2.05, 4.69) is 36.5 Å². The van der Waals surface area contributed by atoms with E-state index in [-0.39, 0.29) is 6.09 Å². The fourth-order valence-corrected chi connectivity index (χ4v) is 2.63. The number of carbonyl (C=O) groups excluding carboxylic acids is 1. The lowest BCUT2D eigenvalue weighted by molar-refractivity contribution is 0.0944. The molecule has 4 heteroatoms. The minimum absolute atomic E-state index is 0.179. The molecule has 1 aliphatic heterocycles. The Balaban J connectivity index is 1.78. The number of amides is 1. The van der Waals surface area contributed by atoms with Gasteiger partial charge in [-0.15, -0.1) is 0 Å². The van der Waals surface area contributed by atoms with Gasteiger partial charge in [0.25, 0.3) is 0 Å². The van der Waals surface area contributed by atoms with Crippen LogP contribution < -0.4 is 5.32 Å². The fourth-order valence-electron chi connectivity index (χ4n) is 2.63. The molecule has 1 saturated heterocycles. The maximum Gasteiger partial charge on any atom is 0.409 e. The third-order valence-electron chi connectivity index (χ3n) is 3.81. The first-order valence-corrected chi connectivity index (χ1v) is 7.43. The van der Waals surface area contributed by atoms with Crippen molar-refractivity contribution in [1.29, 1.82) is 0 Å². The van der Waals surface area contributed by atoms with Crippen molar-refractivity contribution in [2.24, 2.45) is 0 Å². The van der Waals surface area contributed by atoms with Gasteiger partial charge in [-0.05, 0) is 32.3 Å². The van der Waals surface area contributed by atoms with Crippen LogP contribution in [0.2, 0.25) is 0 Å². The summed E-state index contributed by atoms with van der Waals surface area (Å²) in [6, 6.07) is 11.3. The summed E-state index contributed by atoms with van der Waals surface area (Å²) in [5.41, 5.74) is 1.31. The van der Waals surface area contributed by atoms with E-state index in [1.165, 1.54) is 5.56 Å². The number of hydrogen-bond acceptors (Lipinski definition) is 3. The van der Waals surface area contributed by atoms with Crippen LogP contribution in [0.4, 0.5) is 4.79 Å². The Morgan fingerprint density at radius 1 is 1.35 bits per heavy atom. The molecule has 1 fully saturated rings. The van der Waals surface area contributed by atoms with Gasteiger partial charge >= 0.3 is 6.09 Å². The van der Waals surface area contributed by atoms with Gasteiger partial charge in [0.2, 0.25) is 0 Å². The van der Waals surface area contributed by atoms with Crippen LogP contribution in [-0.4, -0.2) is 36.7 Å². The van der Waals surface area contributed by atoms with Crippen LogP contribution in [0.25, 0.3) is 0 Å². The van der Waals surface area contributed by atoms with E-state index in [1.54, 1.807) is 4.90 Å². The summed E-state index contributed by atoms with van der Waals surface area (Å²) in [6.45, 7) is 6.03. The van der Waals surface area contributed by atoms with Gasteiger partial charge in [0, 0.05) is 25.2 Å². The summed E-state index contributed by atoms with van der Waals surface area (Å²) >= 11 is 0. The monoisotopic (exact) mass is 276 g/mol. The number of nitrogens with zero attached hydrogens (tertiary/aromatic N) is 1. The molecule has 1 amide bonds. The van der Waals surface area contributed by atoms with Gasteiger partial charge in [0.05, 0.1) is 6.61 Å². The van der Waals surface area contributed by atoms with E-state index >= 15 is 0 Å². The van der Waals surface area contributed by atoms with Gasteiger partial charge in [0.1, 0.15) is 0 Å². The molecule has 0 aromatic heterocycles. The van der Waals surface area contributed by atoms with Crippen molar-refractivity contribution in [2.75, 3.05) is 19.7 Å². The Morgan fingerprint density at radius 3 is 2.60 bits per heavy atom. The van der Waals surface area contributed by atoms with Crippen molar-refractivity contribution in [3.05, 3.63) is 35.9 Å². The molecule has 0 aliphatic carbocycles. The van der Waals surface area contributed by atoms with Crippen molar-refractivity contribution in [3.8, 4) is 0 Å². The minimum atomic E-state index is -0.179. The van der Waals surface area contributed by atoms with Crippen molar-refractivity contribution >= 4 is 6.09 Å². The lowest BCUT2D eigenvalue weighted by Crippen LogP contribution is -2.45. The molecule has 0 radical (unpaired) electrons. The molecule has 0 saturated carbocycles. The maximum atomic E-state index is 11.6. The molecule has 0 spiro atoms. The van der Waals surface area contributed by atoms with Crippen molar-refractivity contribution in [1.82, 2.24) is 10.2 Å². The van der Waals surface area contributed by atoms with E-state index in [0.29, 0.717) is 18.7 Å². The maximum absolute atomic E-state index is 11.6. The molecule has 2 rings (SSSR count). The van der Waals surface area contributed by atoms with Crippen LogP contribution >= 0.6 is 0 Å². The second kappa shape index (κ2) is 7.29. The summed E-state index contributed by atoms with van der Waals surface area (Å²) < 4.78 is 5.03. The van der Waals surface area contributed by atoms with E-state index in [4.69, 9.17) is 4.74 Å². The Bertz CT molecular complexity index is 414. The number of likely N-dealkylation sites (tertiary alicyclic amines) is 1. The second-order valence-electron chi connectivity index (χ2n) is 5.26. The van der Waals surface area contributed by atoms with Crippen LogP contribution in [0.3, 0.4) is 0 Å². The number of ether oxygens (including phenoxy) is 1. The SMILES string of the molecule is CCOC(=O)N1CCC(N[C@@H](C)c2ccccc2)CC1. The first-order valence-electron chi connectivity index (χ1n) is 7.43. The highest BCUT2D eigenvalue weighted by atomic mass is 16.6. The first kappa shape index (κ1) is 14.9. The van der Waals surface area contributed by atoms with Crippen molar-refractivity contribution in [2.45, 2.75) is 38.8 Å². The third-order valence-corrected chi connectivity index (χ3v) is 3.81. The quantitative estimate of drug-likeness (QED) is 0.919. The van der Waals surface area contributed by atoms with Crippen LogP contribution in [0.15, 0.2) is 30.3 Å². The lowest BCUT2D eigenvalue weighted by Gasteiger charge is -2.33. The molecule has 0 bridgehead atoms. The summed E-state index contributed by atoms with van der Waals surface area (Å²) in [4.78, 5) is 13.4. The van der Waals surface area contributed by atoms with Crippen molar-refractivity contribution < 1.29 is 9.53 Å². The third kappa shape index (κ3) is 3.97. The normalized spacial score (nSPS) is 17.8. The lowest BCUT2D eigenvalue weighted by atomic mass is 10.0. The number of rotatable bonds is 4. The number of carbonyl (C=O) groups is 1. The molecule has 4 nitrogen and oxygen atoms in total. The molecule has 1 N–H and O–H groups in total. The highest BCUT2D eigenvalue weighted by molar-refractivity contribution is 5.67. The summed E-state index contributed by atoms with van der Waals surface area (Å²) in [6.07, 6.45) is 1.79. The molecule has 110 valence electrons. The van der Waals surface area contributed by atoms with Crippen LogP contribution in [0, 0.1) is 0 Å². The topological polar surface area (TPSA) is 41.6 Å². The number of piperidine rings is 1. The van der Waals surface area contributed by atoms with Gasteiger partial charge in [-0.1, -0.05) is 30.3 Å². The van der Waals surface area contributed by atoms with Gasteiger partial charge in [-0.2, -0.15) is 0 Å².